The van der Waals surface area contributed by atoms with Crippen LogP contribution in [0.25, 0.3) is 10.2 Å². The van der Waals surface area contributed by atoms with Crippen LogP contribution in [-0.2, 0) is 0 Å². The van der Waals surface area contributed by atoms with Crippen molar-refractivity contribution in [1.82, 2.24) is 9.97 Å². The van der Waals surface area contributed by atoms with Gasteiger partial charge < -0.3 is 0 Å². The molecule has 3 rings (SSSR count). The van der Waals surface area contributed by atoms with Crippen molar-refractivity contribution in [2.75, 3.05) is 5.43 Å². The zero-order chi connectivity index (χ0) is 14.7. The van der Waals surface area contributed by atoms with Crippen molar-refractivity contribution >= 4 is 33.6 Å². The van der Waals surface area contributed by atoms with Gasteiger partial charge in [0, 0.05) is 4.88 Å². The van der Waals surface area contributed by atoms with Crippen molar-refractivity contribution in [2.45, 2.75) is 19.8 Å². The van der Waals surface area contributed by atoms with Gasteiger partial charge in [-0.25, -0.2) is 9.97 Å². The summed E-state index contributed by atoms with van der Waals surface area (Å²) in [5, 5.41) is 5.28. The molecule has 0 aliphatic heterocycles. The van der Waals surface area contributed by atoms with Gasteiger partial charge in [-0.2, -0.15) is 5.10 Å². The fourth-order valence-corrected chi connectivity index (χ4v) is 2.96. The summed E-state index contributed by atoms with van der Waals surface area (Å²) in [5.41, 5.74) is 4.06. The van der Waals surface area contributed by atoms with E-state index in [1.54, 1.807) is 23.9 Å². The molecule has 0 radical (unpaired) electrons. The van der Waals surface area contributed by atoms with Gasteiger partial charge in [0.2, 0.25) is 0 Å². The molecule has 106 valence electrons. The van der Waals surface area contributed by atoms with E-state index < -0.39 is 0 Å². The lowest BCUT2D eigenvalue weighted by Gasteiger charge is -2.00. The first-order chi connectivity index (χ1) is 10.2. The molecule has 0 atom stereocenters. The summed E-state index contributed by atoms with van der Waals surface area (Å²) < 4.78 is 0. The lowest BCUT2D eigenvalue weighted by molar-refractivity contribution is 0.890. The Kier molecular flexibility index (Phi) is 3.92. The number of nitrogens with zero attached hydrogens (tertiary/aromatic N) is 3. The lowest BCUT2D eigenvalue weighted by Crippen LogP contribution is -1.94. The van der Waals surface area contributed by atoms with E-state index in [2.05, 4.69) is 40.4 Å². The predicted molar refractivity (Wildman–Crippen MR) is 89.2 cm³/mol. The first kappa shape index (κ1) is 13.7. The third-order valence-electron chi connectivity index (χ3n) is 3.10. The molecule has 0 amide bonds. The number of fused-ring (bicyclic) bond motifs is 1. The molecule has 4 nitrogen and oxygen atoms in total. The van der Waals surface area contributed by atoms with E-state index in [1.807, 2.05) is 30.3 Å². The van der Waals surface area contributed by atoms with Crippen molar-refractivity contribution in [3.63, 3.8) is 0 Å². The minimum absolute atomic E-state index is 0.491. The summed E-state index contributed by atoms with van der Waals surface area (Å²) in [7, 11) is 0. The van der Waals surface area contributed by atoms with Crippen LogP contribution >= 0.6 is 11.3 Å². The number of rotatable bonds is 4. The van der Waals surface area contributed by atoms with Crippen molar-refractivity contribution in [1.29, 1.82) is 0 Å². The van der Waals surface area contributed by atoms with Crippen LogP contribution in [-0.4, -0.2) is 16.2 Å². The quantitative estimate of drug-likeness (QED) is 0.578. The predicted octanol–water partition coefficient (Wildman–Crippen LogP) is 4.26. The number of hydrazone groups is 1. The van der Waals surface area contributed by atoms with Gasteiger partial charge in [-0.1, -0.05) is 44.2 Å². The molecule has 0 spiro atoms. The average molecular weight is 296 g/mol. The molecular formula is C16H16N4S. The highest BCUT2D eigenvalue weighted by Gasteiger charge is 2.10. The summed E-state index contributed by atoms with van der Waals surface area (Å²) in [6, 6.07) is 12.1. The van der Waals surface area contributed by atoms with Gasteiger partial charge in [-0.3, -0.25) is 5.43 Å². The smallest absolute Gasteiger partial charge is 0.158 e. The van der Waals surface area contributed by atoms with E-state index in [0.29, 0.717) is 5.92 Å². The van der Waals surface area contributed by atoms with E-state index in [0.717, 1.165) is 21.6 Å². The number of aromatic nitrogens is 2. The Morgan fingerprint density at radius 3 is 2.76 bits per heavy atom. The third kappa shape index (κ3) is 3.08. The van der Waals surface area contributed by atoms with Crippen LogP contribution in [0.5, 0.6) is 0 Å². The maximum Gasteiger partial charge on any atom is 0.158 e. The van der Waals surface area contributed by atoms with Crippen molar-refractivity contribution in [3.8, 4) is 0 Å². The number of hydrogen-bond acceptors (Lipinski definition) is 5. The van der Waals surface area contributed by atoms with E-state index in [1.165, 1.54) is 4.88 Å². The second kappa shape index (κ2) is 6.01. The molecule has 2 heterocycles. The van der Waals surface area contributed by atoms with E-state index >= 15 is 0 Å². The van der Waals surface area contributed by atoms with Crippen LogP contribution in [0.3, 0.4) is 0 Å². The lowest BCUT2D eigenvalue weighted by atomic mass is 10.2. The highest BCUT2D eigenvalue weighted by Crippen LogP contribution is 2.32. The Balaban J connectivity index is 1.85. The number of thiophene rings is 1. The normalized spacial score (nSPS) is 11.6. The highest BCUT2D eigenvalue weighted by molar-refractivity contribution is 7.18. The standard InChI is InChI=1S/C16H16N4S/c1-11(2)14-8-13-15(17-10-18-16(13)21-14)20-19-9-12-6-4-3-5-7-12/h3-11H,1-2H3,(H,17,18,20)/b19-9-. The van der Waals surface area contributed by atoms with Crippen LogP contribution in [0.1, 0.15) is 30.2 Å². The van der Waals surface area contributed by atoms with E-state index in [-0.39, 0.29) is 0 Å². The van der Waals surface area contributed by atoms with Gasteiger partial charge in [-0.05, 0) is 17.5 Å². The average Bonchev–Trinajstić information content (AvgIpc) is 2.94. The fraction of sp³-hybridized carbons (Fsp3) is 0.188. The van der Waals surface area contributed by atoms with Crippen molar-refractivity contribution in [2.24, 2.45) is 5.10 Å². The fourth-order valence-electron chi connectivity index (χ4n) is 1.95. The number of benzene rings is 1. The first-order valence-corrected chi connectivity index (χ1v) is 7.64. The Morgan fingerprint density at radius 2 is 2.00 bits per heavy atom. The Hall–Kier alpha value is -2.27. The minimum atomic E-state index is 0.491. The summed E-state index contributed by atoms with van der Waals surface area (Å²) >= 11 is 1.71. The highest BCUT2D eigenvalue weighted by atomic mass is 32.1. The third-order valence-corrected chi connectivity index (χ3v) is 4.44. The molecule has 0 saturated heterocycles. The molecule has 21 heavy (non-hydrogen) atoms. The molecule has 0 saturated carbocycles. The van der Waals surface area contributed by atoms with Crippen LogP contribution < -0.4 is 5.43 Å². The molecule has 1 N–H and O–H groups in total. The van der Waals surface area contributed by atoms with Gasteiger partial charge in [0.05, 0.1) is 11.6 Å². The zero-order valence-corrected chi connectivity index (χ0v) is 12.8. The van der Waals surface area contributed by atoms with Crippen LogP contribution in [0, 0.1) is 0 Å². The molecule has 0 aliphatic rings. The number of nitrogens with one attached hydrogen (secondary N) is 1. The van der Waals surface area contributed by atoms with Crippen molar-refractivity contribution < 1.29 is 0 Å². The summed E-state index contributed by atoms with van der Waals surface area (Å²) in [6.07, 6.45) is 3.35. The maximum absolute atomic E-state index is 4.33. The molecule has 0 aliphatic carbocycles. The molecule has 2 aromatic heterocycles. The molecule has 1 aromatic carbocycles. The van der Waals surface area contributed by atoms with Crippen LogP contribution in [0.2, 0.25) is 0 Å². The van der Waals surface area contributed by atoms with Gasteiger partial charge >= 0.3 is 0 Å². The first-order valence-electron chi connectivity index (χ1n) is 6.82. The molecule has 3 aromatic rings. The number of hydrogen-bond donors (Lipinski definition) is 1. The summed E-state index contributed by atoms with van der Waals surface area (Å²) in [6.45, 7) is 4.36. The molecule has 0 bridgehead atoms. The van der Waals surface area contributed by atoms with Crippen LogP contribution in [0.15, 0.2) is 47.8 Å². The summed E-state index contributed by atoms with van der Waals surface area (Å²) in [4.78, 5) is 10.9. The second-order valence-corrected chi connectivity index (χ2v) is 6.09. The topological polar surface area (TPSA) is 50.2 Å². The van der Waals surface area contributed by atoms with Gasteiger partial charge in [0.25, 0.3) is 0 Å². The second-order valence-electron chi connectivity index (χ2n) is 5.03. The Labute approximate surface area is 127 Å². The largest absolute Gasteiger partial charge is 0.261 e. The summed E-state index contributed by atoms with van der Waals surface area (Å²) in [5.74, 6) is 1.24. The van der Waals surface area contributed by atoms with Crippen molar-refractivity contribution in [3.05, 3.63) is 53.2 Å². The maximum atomic E-state index is 4.33. The Bertz CT molecular complexity index is 762. The Morgan fingerprint density at radius 1 is 1.19 bits per heavy atom. The van der Waals surface area contributed by atoms with E-state index in [9.17, 15) is 0 Å². The van der Waals surface area contributed by atoms with Gasteiger partial charge in [-0.15, -0.1) is 11.3 Å². The molecule has 5 heteroatoms. The van der Waals surface area contributed by atoms with Gasteiger partial charge in [0.15, 0.2) is 5.82 Å². The zero-order valence-electron chi connectivity index (χ0n) is 11.9. The molecular weight excluding hydrogens is 280 g/mol. The van der Waals surface area contributed by atoms with Crippen LogP contribution in [0.4, 0.5) is 5.82 Å². The molecule has 0 unspecified atom stereocenters. The van der Waals surface area contributed by atoms with Gasteiger partial charge in [0.1, 0.15) is 11.2 Å². The number of anilines is 1. The minimum Gasteiger partial charge on any atom is -0.261 e. The SMILES string of the molecule is CC(C)c1cc2c(N/N=C\c3ccccc3)ncnc2s1. The monoisotopic (exact) mass is 296 g/mol. The molecule has 0 fully saturated rings. The van der Waals surface area contributed by atoms with E-state index in [4.69, 9.17) is 0 Å².